The smallest absolute Gasteiger partial charge is 0.00860 e. The van der Waals surface area contributed by atoms with E-state index >= 15 is 0 Å². The molecule has 0 aromatic carbocycles. The molecule has 0 aromatic rings. The molecule has 0 N–H and O–H groups in total. The molecule has 0 nitrogen and oxygen atoms in total. The number of terminal acetylenes is 1. The van der Waals surface area contributed by atoms with Gasteiger partial charge in [-0.25, -0.2) is 0 Å². The van der Waals surface area contributed by atoms with Crippen LogP contribution in [0.4, 0.5) is 0 Å². The molecular formula is C19H36S. The van der Waals surface area contributed by atoms with Gasteiger partial charge in [0.2, 0.25) is 0 Å². The average Bonchev–Trinajstić information content (AvgIpc) is 2.47. The number of hydrogen-bond donors (Lipinski definition) is 0. The minimum atomic E-state index is 0.969. The molecule has 0 rings (SSSR count). The van der Waals surface area contributed by atoms with Gasteiger partial charge < -0.3 is 0 Å². The van der Waals surface area contributed by atoms with Crippen LogP contribution in [0.25, 0.3) is 0 Å². The number of hydrogen-bond acceptors (Lipinski definition) is 1. The van der Waals surface area contributed by atoms with Crippen LogP contribution < -0.4 is 0 Å². The number of rotatable bonds is 16. The van der Waals surface area contributed by atoms with Gasteiger partial charge in [0.05, 0.1) is 0 Å². The quantitative estimate of drug-likeness (QED) is 0.222. The van der Waals surface area contributed by atoms with Crippen LogP contribution in [0.2, 0.25) is 0 Å². The summed E-state index contributed by atoms with van der Waals surface area (Å²) < 4.78 is 0. The van der Waals surface area contributed by atoms with Crippen molar-refractivity contribution in [2.45, 2.75) is 96.8 Å². The van der Waals surface area contributed by atoms with E-state index in [1.165, 1.54) is 95.0 Å². The minimum absolute atomic E-state index is 0.969. The highest BCUT2D eigenvalue weighted by molar-refractivity contribution is 7.99. The Labute approximate surface area is 132 Å². The van der Waals surface area contributed by atoms with E-state index in [0.717, 1.165) is 6.42 Å². The van der Waals surface area contributed by atoms with E-state index in [1.807, 2.05) is 0 Å². The molecule has 118 valence electrons. The van der Waals surface area contributed by atoms with Crippen molar-refractivity contribution < 1.29 is 0 Å². The van der Waals surface area contributed by atoms with E-state index in [4.69, 9.17) is 6.42 Å². The largest absolute Gasteiger partial charge is 0.162 e. The van der Waals surface area contributed by atoms with Crippen LogP contribution in [0.1, 0.15) is 96.8 Å². The number of unbranched alkanes of at least 4 members (excludes halogenated alkanes) is 13. The summed E-state index contributed by atoms with van der Waals surface area (Å²) in [7, 11) is 0. The summed E-state index contributed by atoms with van der Waals surface area (Å²) in [4.78, 5) is 0. The highest BCUT2D eigenvalue weighted by Crippen LogP contribution is 2.13. The molecule has 0 aromatic heterocycles. The molecule has 0 unspecified atom stereocenters. The lowest BCUT2D eigenvalue weighted by Crippen LogP contribution is -1.84. The second-order valence-electron chi connectivity index (χ2n) is 5.75. The van der Waals surface area contributed by atoms with Gasteiger partial charge >= 0.3 is 0 Å². The van der Waals surface area contributed by atoms with Crippen molar-refractivity contribution in [2.75, 3.05) is 11.5 Å². The van der Waals surface area contributed by atoms with E-state index in [9.17, 15) is 0 Å². The van der Waals surface area contributed by atoms with E-state index < -0.39 is 0 Å². The normalized spacial score (nSPS) is 10.6. The first-order valence-electron chi connectivity index (χ1n) is 8.93. The summed E-state index contributed by atoms with van der Waals surface area (Å²) in [6.07, 6.45) is 24.6. The lowest BCUT2D eigenvalue weighted by molar-refractivity contribution is 0.541. The average molecular weight is 297 g/mol. The Morgan fingerprint density at radius 2 is 1.05 bits per heavy atom. The molecule has 0 aliphatic heterocycles. The van der Waals surface area contributed by atoms with Crippen LogP contribution in [0.5, 0.6) is 0 Å². The third-order valence-corrected chi connectivity index (χ3v) is 4.80. The lowest BCUT2D eigenvalue weighted by Gasteiger charge is -2.03. The van der Waals surface area contributed by atoms with Crippen LogP contribution in [-0.4, -0.2) is 11.5 Å². The first-order chi connectivity index (χ1) is 9.91. The molecule has 0 aliphatic rings. The SMILES string of the molecule is C#CCCCCCCCCCCCCCCCSCC. The zero-order chi connectivity index (χ0) is 14.7. The van der Waals surface area contributed by atoms with Gasteiger partial charge in [0.25, 0.3) is 0 Å². The van der Waals surface area contributed by atoms with Crippen LogP contribution in [-0.2, 0) is 0 Å². The first-order valence-corrected chi connectivity index (χ1v) is 10.1. The zero-order valence-electron chi connectivity index (χ0n) is 13.8. The van der Waals surface area contributed by atoms with Gasteiger partial charge in [-0.1, -0.05) is 77.6 Å². The van der Waals surface area contributed by atoms with Crippen molar-refractivity contribution in [3.8, 4) is 12.3 Å². The second-order valence-corrected chi connectivity index (χ2v) is 7.14. The van der Waals surface area contributed by atoms with Crippen molar-refractivity contribution in [1.82, 2.24) is 0 Å². The maximum Gasteiger partial charge on any atom is 0.00860 e. The molecule has 0 aliphatic carbocycles. The standard InChI is InChI=1S/C19H36S/c1-3-5-6-7-8-9-10-11-12-13-14-15-16-17-18-19-20-4-2/h1H,4-19H2,2H3. The molecule has 1 heteroatoms. The maximum absolute atomic E-state index is 5.24. The Balaban J connectivity index is 2.91. The zero-order valence-corrected chi connectivity index (χ0v) is 14.6. The van der Waals surface area contributed by atoms with Gasteiger partial charge in [-0.2, -0.15) is 11.8 Å². The predicted molar refractivity (Wildman–Crippen MR) is 96.5 cm³/mol. The van der Waals surface area contributed by atoms with E-state index in [0.29, 0.717) is 0 Å². The fourth-order valence-electron chi connectivity index (χ4n) is 2.52. The van der Waals surface area contributed by atoms with Gasteiger partial charge in [0.1, 0.15) is 0 Å². The highest BCUT2D eigenvalue weighted by Gasteiger charge is 1.94. The minimum Gasteiger partial charge on any atom is -0.162 e. The first kappa shape index (κ1) is 19.9. The monoisotopic (exact) mass is 296 g/mol. The van der Waals surface area contributed by atoms with E-state index in [2.05, 4.69) is 24.6 Å². The molecule has 0 saturated carbocycles. The Kier molecular flexibility index (Phi) is 18.8. The van der Waals surface area contributed by atoms with Gasteiger partial charge in [0.15, 0.2) is 0 Å². The second kappa shape index (κ2) is 18.9. The van der Waals surface area contributed by atoms with Gasteiger partial charge in [-0.3, -0.25) is 0 Å². The Morgan fingerprint density at radius 3 is 1.45 bits per heavy atom. The molecule has 0 atom stereocenters. The lowest BCUT2D eigenvalue weighted by atomic mass is 10.0. The topological polar surface area (TPSA) is 0 Å². The molecule has 20 heavy (non-hydrogen) atoms. The summed E-state index contributed by atoms with van der Waals surface area (Å²) in [5.74, 6) is 5.37. The van der Waals surface area contributed by atoms with Gasteiger partial charge in [-0.15, -0.1) is 12.3 Å². The van der Waals surface area contributed by atoms with Crippen molar-refractivity contribution >= 4 is 11.8 Å². The Bertz CT molecular complexity index is 204. The van der Waals surface area contributed by atoms with Crippen molar-refractivity contribution in [1.29, 1.82) is 0 Å². The van der Waals surface area contributed by atoms with Crippen molar-refractivity contribution in [2.24, 2.45) is 0 Å². The fraction of sp³-hybridized carbons (Fsp3) is 0.895. The summed E-state index contributed by atoms with van der Waals surface area (Å²) in [5.41, 5.74) is 0. The summed E-state index contributed by atoms with van der Waals surface area (Å²) in [6, 6.07) is 0. The predicted octanol–water partition coefficient (Wildman–Crippen LogP) is 6.83. The van der Waals surface area contributed by atoms with E-state index in [-0.39, 0.29) is 0 Å². The third-order valence-electron chi connectivity index (χ3n) is 3.81. The fourth-order valence-corrected chi connectivity index (χ4v) is 3.22. The molecule has 0 amide bonds. The van der Waals surface area contributed by atoms with Crippen LogP contribution in [0, 0.1) is 12.3 Å². The van der Waals surface area contributed by atoms with Crippen molar-refractivity contribution in [3.05, 3.63) is 0 Å². The van der Waals surface area contributed by atoms with E-state index in [1.54, 1.807) is 0 Å². The summed E-state index contributed by atoms with van der Waals surface area (Å²) in [5, 5.41) is 0. The summed E-state index contributed by atoms with van der Waals surface area (Å²) >= 11 is 2.08. The van der Waals surface area contributed by atoms with Crippen molar-refractivity contribution in [3.63, 3.8) is 0 Å². The molecule has 0 radical (unpaired) electrons. The molecule has 0 heterocycles. The molecule has 0 bridgehead atoms. The summed E-state index contributed by atoms with van der Waals surface area (Å²) in [6.45, 7) is 2.25. The third kappa shape index (κ3) is 17.9. The highest BCUT2D eigenvalue weighted by atomic mass is 32.2. The van der Waals surface area contributed by atoms with Crippen LogP contribution in [0.15, 0.2) is 0 Å². The van der Waals surface area contributed by atoms with Gasteiger partial charge in [-0.05, 0) is 24.3 Å². The Morgan fingerprint density at radius 1 is 0.650 bits per heavy atom. The van der Waals surface area contributed by atoms with Gasteiger partial charge in [0, 0.05) is 6.42 Å². The molecular weight excluding hydrogens is 260 g/mol. The molecule has 0 saturated heterocycles. The molecule has 0 spiro atoms. The molecule has 0 fully saturated rings. The van der Waals surface area contributed by atoms with Crippen LogP contribution >= 0.6 is 11.8 Å². The van der Waals surface area contributed by atoms with Crippen LogP contribution in [0.3, 0.4) is 0 Å². The maximum atomic E-state index is 5.24. The number of thioether (sulfide) groups is 1. The Hall–Kier alpha value is -0.0900.